The van der Waals surface area contributed by atoms with Gasteiger partial charge in [-0.3, -0.25) is 9.48 Å². The molecular weight excluding hydrogens is 252 g/mol. The van der Waals surface area contributed by atoms with E-state index in [-0.39, 0.29) is 11.9 Å². The smallest absolute Gasteiger partial charge is 0.179 e. The molecule has 1 unspecified atom stereocenters. The lowest BCUT2D eigenvalue weighted by molar-refractivity contribution is -0.124. The lowest BCUT2D eigenvalue weighted by Crippen LogP contribution is -2.27. The van der Waals surface area contributed by atoms with Crippen molar-refractivity contribution >= 4 is 5.78 Å². The first-order valence-corrected chi connectivity index (χ1v) is 6.98. The number of aryl methyl sites for hydroxylation is 2. The molecule has 0 spiro atoms. The summed E-state index contributed by atoms with van der Waals surface area (Å²) in [5.74, 6) is 0.960. The third-order valence-electron chi connectivity index (χ3n) is 3.65. The molecule has 0 aliphatic carbocycles. The minimum absolute atomic E-state index is 0.121. The zero-order chi connectivity index (χ0) is 14.1. The molecule has 0 N–H and O–H groups in total. The molecule has 1 atom stereocenters. The number of fused-ring (bicyclic) bond motifs is 1. The molecule has 3 rings (SSSR count). The van der Waals surface area contributed by atoms with Crippen LogP contribution in [0.25, 0.3) is 0 Å². The van der Waals surface area contributed by atoms with Crippen LogP contribution in [0.3, 0.4) is 0 Å². The predicted octanol–water partition coefficient (Wildman–Crippen LogP) is 2.33. The van der Waals surface area contributed by atoms with Gasteiger partial charge in [-0.2, -0.15) is 5.10 Å². The van der Waals surface area contributed by atoms with Gasteiger partial charge in [-0.1, -0.05) is 18.2 Å². The van der Waals surface area contributed by atoms with Crippen LogP contribution in [0.4, 0.5) is 0 Å². The Hall–Kier alpha value is -2.10. The first-order chi connectivity index (χ1) is 9.67. The van der Waals surface area contributed by atoms with Gasteiger partial charge in [-0.15, -0.1) is 0 Å². The molecule has 4 nitrogen and oxygen atoms in total. The summed E-state index contributed by atoms with van der Waals surface area (Å²) in [5.41, 5.74) is 3.03. The highest BCUT2D eigenvalue weighted by molar-refractivity contribution is 5.86. The third kappa shape index (κ3) is 2.33. The molecule has 1 aliphatic heterocycles. The highest BCUT2D eigenvalue weighted by Crippen LogP contribution is 2.28. The quantitative estimate of drug-likeness (QED) is 0.856. The second-order valence-electron chi connectivity index (χ2n) is 5.15. The number of hydrogen-bond donors (Lipinski definition) is 0. The Labute approximate surface area is 118 Å². The monoisotopic (exact) mass is 270 g/mol. The van der Waals surface area contributed by atoms with Crippen LogP contribution in [0.15, 0.2) is 30.3 Å². The van der Waals surface area contributed by atoms with Crippen LogP contribution in [-0.2, 0) is 24.2 Å². The van der Waals surface area contributed by atoms with Gasteiger partial charge in [0.1, 0.15) is 5.75 Å². The van der Waals surface area contributed by atoms with Gasteiger partial charge in [0.25, 0.3) is 0 Å². The van der Waals surface area contributed by atoms with E-state index >= 15 is 0 Å². The SMILES string of the molecule is CCn1nc(C)cc1CC(=O)C1Cc2ccccc2O1. The van der Waals surface area contributed by atoms with E-state index in [0.29, 0.717) is 12.8 Å². The summed E-state index contributed by atoms with van der Waals surface area (Å²) in [6.07, 6.45) is 0.703. The maximum absolute atomic E-state index is 12.4. The van der Waals surface area contributed by atoms with Gasteiger partial charge in [-0.05, 0) is 31.5 Å². The number of para-hydroxylation sites is 1. The number of hydrogen-bond acceptors (Lipinski definition) is 3. The molecule has 20 heavy (non-hydrogen) atoms. The molecule has 0 fully saturated rings. The Morgan fingerprint density at radius 3 is 3.00 bits per heavy atom. The van der Waals surface area contributed by atoms with Gasteiger partial charge < -0.3 is 4.74 Å². The Kier molecular flexibility index (Phi) is 3.30. The maximum Gasteiger partial charge on any atom is 0.179 e. The fraction of sp³-hybridized carbons (Fsp3) is 0.375. The Bertz CT molecular complexity index is 621. The van der Waals surface area contributed by atoms with Crippen molar-refractivity contribution in [1.29, 1.82) is 0 Å². The number of carbonyl (C=O) groups is 1. The second-order valence-corrected chi connectivity index (χ2v) is 5.15. The van der Waals surface area contributed by atoms with Gasteiger partial charge in [0.15, 0.2) is 11.9 Å². The van der Waals surface area contributed by atoms with Crippen LogP contribution in [0.2, 0.25) is 0 Å². The number of ether oxygens (including phenoxy) is 1. The summed E-state index contributed by atoms with van der Waals surface area (Å²) in [6.45, 7) is 4.76. The lowest BCUT2D eigenvalue weighted by atomic mass is 10.0. The highest BCUT2D eigenvalue weighted by Gasteiger charge is 2.29. The van der Waals surface area contributed by atoms with Crippen molar-refractivity contribution in [3.63, 3.8) is 0 Å². The van der Waals surface area contributed by atoms with Crippen LogP contribution >= 0.6 is 0 Å². The molecule has 1 aromatic carbocycles. The van der Waals surface area contributed by atoms with Crippen molar-refractivity contribution in [2.45, 2.75) is 39.3 Å². The fourth-order valence-electron chi connectivity index (χ4n) is 2.67. The number of rotatable bonds is 4. The summed E-state index contributed by atoms with van der Waals surface area (Å²) >= 11 is 0. The third-order valence-corrected chi connectivity index (χ3v) is 3.65. The van der Waals surface area contributed by atoms with Crippen molar-refractivity contribution in [2.75, 3.05) is 0 Å². The van der Waals surface area contributed by atoms with Gasteiger partial charge in [0, 0.05) is 18.7 Å². The van der Waals surface area contributed by atoms with E-state index in [1.165, 1.54) is 0 Å². The van der Waals surface area contributed by atoms with E-state index in [2.05, 4.69) is 5.10 Å². The lowest BCUT2D eigenvalue weighted by Gasteiger charge is -2.10. The molecule has 0 saturated carbocycles. The Balaban J connectivity index is 1.72. The zero-order valence-corrected chi connectivity index (χ0v) is 11.8. The van der Waals surface area contributed by atoms with Gasteiger partial charge in [-0.25, -0.2) is 0 Å². The molecule has 0 saturated heterocycles. The molecule has 104 valence electrons. The Morgan fingerprint density at radius 1 is 1.45 bits per heavy atom. The molecule has 4 heteroatoms. The van der Waals surface area contributed by atoms with Crippen LogP contribution in [0, 0.1) is 6.92 Å². The van der Waals surface area contributed by atoms with Crippen molar-refractivity contribution in [3.05, 3.63) is 47.3 Å². The molecule has 1 aromatic heterocycles. The molecule has 2 aromatic rings. The summed E-state index contributed by atoms with van der Waals surface area (Å²) in [6, 6.07) is 9.82. The van der Waals surface area contributed by atoms with Gasteiger partial charge in [0.2, 0.25) is 0 Å². The number of aromatic nitrogens is 2. The van der Waals surface area contributed by atoms with E-state index in [1.807, 2.05) is 48.9 Å². The molecular formula is C16H18N2O2. The molecule has 1 aliphatic rings. The first kappa shape index (κ1) is 12.9. The van der Waals surface area contributed by atoms with E-state index in [9.17, 15) is 4.79 Å². The molecule has 0 radical (unpaired) electrons. The summed E-state index contributed by atoms with van der Waals surface area (Å²) in [5, 5.41) is 4.37. The van der Waals surface area contributed by atoms with E-state index in [0.717, 1.165) is 29.2 Å². The number of carbonyl (C=O) groups excluding carboxylic acids is 1. The van der Waals surface area contributed by atoms with E-state index in [4.69, 9.17) is 4.74 Å². The topological polar surface area (TPSA) is 44.1 Å². The largest absolute Gasteiger partial charge is 0.482 e. The van der Waals surface area contributed by atoms with Crippen molar-refractivity contribution < 1.29 is 9.53 Å². The standard InChI is InChI=1S/C16H18N2O2/c1-3-18-13(8-11(2)17-18)10-14(19)16-9-12-6-4-5-7-15(12)20-16/h4-8,16H,3,9-10H2,1-2H3. The maximum atomic E-state index is 12.4. The van der Waals surface area contributed by atoms with E-state index in [1.54, 1.807) is 0 Å². The van der Waals surface area contributed by atoms with Crippen LogP contribution in [-0.4, -0.2) is 21.7 Å². The normalized spacial score (nSPS) is 16.8. The summed E-state index contributed by atoms with van der Waals surface area (Å²) < 4.78 is 7.63. The summed E-state index contributed by atoms with van der Waals surface area (Å²) in [7, 11) is 0. The second kappa shape index (κ2) is 5.12. The van der Waals surface area contributed by atoms with Gasteiger partial charge in [0.05, 0.1) is 12.1 Å². The van der Waals surface area contributed by atoms with Crippen LogP contribution in [0.5, 0.6) is 5.75 Å². The summed E-state index contributed by atoms with van der Waals surface area (Å²) in [4.78, 5) is 12.4. The molecule has 0 amide bonds. The number of nitrogens with zero attached hydrogens (tertiary/aromatic N) is 2. The van der Waals surface area contributed by atoms with Gasteiger partial charge >= 0.3 is 0 Å². The number of benzene rings is 1. The van der Waals surface area contributed by atoms with Crippen molar-refractivity contribution in [2.24, 2.45) is 0 Å². The minimum Gasteiger partial charge on any atom is -0.482 e. The highest BCUT2D eigenvalue weighted by atomic mass is 16.5. The number of ketones is 1. The van der Waals surface area contributed by atoms with Crippen LogP contribution in [0.1, 0.15) is 23.9 Å². The average molecular weight is 270 g/mol. The predicted molar refractivity (Wildman–Crippen MR) is 75.9 cm³/mol. The van der Waals surface area contributed by atoms with Crippen LogP contribution < -0.4 is 4.74 Å². The van der Waals surface area contributed by atoms with E-state index < -0.39 is 0 Å². The number of Topliss-reactive ketones (excluding diaryl/α,β-unsaturated/α-hetero) is 1. The van der Waals surface area contributed by atoms with Crippen molar-refractivity contribution in [1.82, 2.24) is 9.78 Å². The minimum atomic E-state index is -0.354. The first-order valence-electron chi connectivity index (χ1n) is 6.98. The molecule has 2 heterocycles. The van der Waals surface area contributed by atoms with Crippen molar-refractivity contribution in [3.8, 4) is 5.75 Å². The zero-order valence-electron chi connectivity index (χ0n) is 11.8. The fourth-order valence-corrected chi connectivity index (χ4v) is 2.67. The Morgan fingerprint density at radius 2 is 2.25 bits per heavy atom. The average Bonchev–Trinajstić information content (AvgIpc) is 3.01. The molecule has 0 bridgehead atoms.